The summed E-state index contributed by atoms with van der Waals surface area (Å²) in [6, 6.07) is 7.81. The summed E-state index contributed by atoms with van der Waals surface area (Å²) in [5.74, 6) is -2.44. The second-order valence-corrected chi connectivity index (χ2v) is 14.6. The minimum atomic E-state index is -1.25. The van der Waals surface area contributed by atoms with Crippen molar-refractivity contribution in [2.24, 2.45) is 20.5 Å². The largest absolute Gasteiger partial charge is 0.478 e. The number of hydrogen-bond acceptors (Lipinski definition) is 20. The van der Waals surface area contributed by atoms with Gasteiger partial charge in [-0.1, -0.05) is 43.4 Å². The van der Waals surface area contributed by atoms with Gasteiger partial charge in [-0.15, -0.1) is 40.9 Å². The number of nitrogen functional groups attached to an aromatic ring is 2. The number of hydrogen-bond donors (Lipinski definition) is 4. The number of rotatable bonds is 14. The Kier molecular flexibility index (Phi) is 10.7. The number of carboxylic acid groups (broad SMARTS) is 2. The first-order valence-electron chi connectivity index (χ1n) is 15.9. The molecule has 0 aliphatic carbocycles. The van der Waals surface area contributed by atoms with Gasteiger partial charge in [0.25, 0.3) is 23.2 Å². The summed E-state index contributed by atoms with van der Waals surface area (Å²) in [4.78, 5) is 45.2. The summed E-state index contributed by atoms with van der Waals surface area (Å²) in [6.45, 7) is 7.65. The van der Waals surface area contributed by atoms with Crippen molar-refractivity contribution in [2.75, 3.05) is 11.5 Å². The van der Waals surface area contributed by atoms with Crippen LogP contribution in [0.4, 0.5) is 33.3 Å². The Balaban J connectivity index is 1.19. The van der Waals surface area contributed by atoms with E-state index in [-0.39, 0.29) is 86.6 Å². The molecule has 2 aromatic carbocycles. The number of aromatic nitrogens is 8. The second-order valence-electron chi connectivity index (χ2n) is 12.5. The number of carbonyl (C=O) groups is 4. The van der Waals surface area contributed by atoms with Gasteiger partial charge in [0.1, 0.15) is 21.5 Å². The molecule has 0 aliphatic heterocycles. The Morgan fingerprint density at radius 3 is 1.66 bits per heavy atom. The molecule has 6 aromatic rings. The number of nitrogens with zero attached hydrogens (tertiary/aromatic N) is 12. The van der Waals surface area contributed by atoms with Gasteiger partial charge in [0.05, 0.1) is 40.3 Å². The third-order valence-electron chi connectivity index (χ3n) is 7.49. The van der Waals surface area contributed by atoms with E-state index < -0.39 is 17.4 Å². The molecular formula is C32H28N14O8S2. The first-order valence-corrected chi connectivity index (χ1v) is 17.5. The predicted octanol–water partition coefficient (Wildman–Crippen LogP) is 5.42. The molecule has 0 atom stereocenters. The summed E-state index contributed by atoms with van der Waals surface area (Å²) in [7, 11) is 0. The SMILES string of the molecule is Cc1nn(-c2cc(OC=O)cc(C(=O)O)c2)c(N)c1N=Nc1nnc(Cc2nnc(N=Nc3c(C(C)(C)C)nn(-c4cc(OC=O)cc(C(=O)O)c4)c3N)s2)s1. The molecule has 24 heteroatoms. The number of aromatic carboxylic acids is 2. The van der Waals surface area contributed by atoms with Crippen LogP contribution in [0.1, 0.15) is 62.9 Å². The number of ether oxygens (including phenoxy) is 2. The summed E-state index contributed by atoms with van der Waals surface area (Å²) in [5.41, 5.74) is 13.6. The quantitative estimate of drug-likeness (QED) is 0.0789. The molecule has 4 aromatic heterocycles. The molecule has 6 N–H and O–H groups in total. The van der Waals surface area contributed by atoms with Crippen molar-refractivity contribution in [1.29, 1.82) is 0 Å². The molecule has 0 amide bonds. The van der Waals surface area contributed by atoms with E-state index in [0.717, 1.165) is 22.7 Å². The van der Waals surface area contributed by atoms with Crippen molar-refractivity contribution >= 4 is 80.8 Å². The van der Waals surface area contributed by atoms with Crippen molar-refractivity contribution in [2.45, 2.75) is 39.5 Å². The van der Waals surface area contributed by atoms with Gasteiger partial charge in [-0.05, 0) is 31.2 Å². The fourth-order valence-corrected chi connectivity index (χ4v) is 6.43. The van der Waals surface area contributed by atoms with Crippen LogP contribution < -0.4 is 20.9 Å². The third-order valence-corrected chi connectivity index (χ3v) is 9.10. The highest BCUT2D eigenvalue weighted by molar-refractivity contribution is 7.16. The van der Waals surface area contributed by atoms with E-state index in [4.69, 9.17) is 20.9 Å². The Labute approximate surface area is 322 Å². The minimum Gasteiger partial charge on any atom is -0.478 e. The number of nitrogens with two attached hydrogens (primary N) is 2. The number of carbonyl (C=O) groups excluding carboxylic acids is 2. The summed E-state index contributed by atoms with van der Waals surface area (Å²) in [5, 5.41) is 62.9. The molecule has 0 aliphatic rings. The highest BCUT2D eigenvalue weighted by atomic mass is 32.1. The van der Waals surface area contributed by atoms with Crippen LogP contribution in [-0.2, 0) is 21.4 Å². The van der Waals surface area contributed by atoms with Crippen LogP contribution in [0.3, 0.4) is 0 Å². The Bertz CT molecular complexity index is 2570. The van der Waals surface area contributed by atoms with Crippen molar-refractivity contribution in [3.05, 3.63) is 68.9 Å². The van der Waals surface area contributed by atoms with E-state index in [9.17, 15) is 29.4 Å². The maximum Gasteiger partial charge on any atom is 0.335 e. The van der Waals surface area contributed by atoms with Crippen molar-refractivity contribution in [1.82, 2.24) is 40.0 Å². The number of aryl methyl sites for hydroxylation is 1. The molecule has 56 heavy (non-hydrogen) atoms. The zero-order chi connectivity index (χ0) is 40.3. The number of benzene rings is 2. The summed E-state index contributed by atoms with van der Waals surface area (Å²) in [6.07, 6.45) is 0.239. The van der Waals surface area contributed by atoms with Gasteiger partial charge in [0, 0.05) is 17.5 Å². The molecule has 0 spiro atoms. The van der Waals surface area contributed by atoms with E-state index >= 15 is 0 Å². The predicted molar refractivity (Wildman–Crippen MR) is 198 cm³/mol. The molecular weight excluding hydrogens is 773 g/mol. The highest BCUT2D eigenvalue weighted by Crippen LogP contribution is 2.39. The number of azo groups is 2. The van der Waals surface area contributed by atoms with Crippen LogP contribution in [0, 0.1) is 6.92 Å². The lowest BCUT2D eigenvalue weighted by atomic mass is 9.91. The molecule has 4 heterocycles. The van der Waals surface area contributed by atoms with Gasteiger partial charge < -0.3 is 31.2 Å². The molecule has 0 fully saturated rings. The maximum atomic E-state index is 11.7. The molecule has 6 rings (SSSR count). The Morgan fingerprint density at radius 1 is 0.732 bits per heavy atom. The van der Waals surface area contributed by atoms with Gasteiger partial charge in [0.2, 0.25) is 0 Å². The maximum absolute atomic E-state index is 11.7. The highest BCUT2D eigenvalue weighted by Gasteiger charge is 2.28. The van der Waals surface area contributed by atoms with Crippen LogP contribution in [0.15, 0.2) is 56.9 Å². The second kappa shape index (κ2) is 15.6. The monoisotopic (exact) mass is 800 g/mol. The first kappa shape index (κ1) is 38.4. The van der Waals surface area contributed by atoms with Crippen LogP contribution in [0.5, 0.6) is 11.5 Å². The van der Waals surface area contributed by atoms with Crippen LogP contribution in [0.2, 0.25) is 0 Å². The van der Waals surface area contributed by atoms with Gasteiger partial charge in [0.15, 0.2) is 23.0 Å². The third kappa shape index (κ3) is 8.24. The van der Waals surface area contributed by atoms with Crippen molar-refractivity contribution < 1.29 is 38.9 Å². The fourth-order valence-electron chi connectivity index (χ4n) is 5.01. The molecule has 286 valence electrons. The topological polar surface area (TPSA) is 316 Å². The van der Waals surface area contributed by atoms with E-state index in [1.165, 1.54) is 45.8 Å². The molecule has 0 saturated heterocycles. The number of anilines is 2. The van der Waals surface area contributed by atoms with Crippen molar-refractivity contribution in [3.63, 3.8) is 0 Å². The average molecular weight is 801 g/mol. The zero-order valence-electron chi connectivity index (χ0n) is 29.5. The standard InChI is InChI=1S/C32H28N14O8S2/c1-14-23(26(33)45(43-14)17-5-15(28(49)50)7-19(9-17)53-12-47)37-41-30-39-35-21(55-30)11-22-36-40-31(56-22)42-38-24-25(32(2,3)4)44-46(27(24)34)18-6-16(29(51)52)8-20(10-18)54-13-48/h5-10,12-13H,11,33-34H2,1-4H3,(H,49,50)(H,51,52). The Morgan fingerprint density at radius 2 is 1.20 bits per heavy atom. The summed E-state index contributed by atoms with van der Waals surface area (Å²) >= 11 is 2.27. The number of carboxylic acids is 2. The van der Waals surface area contributed by atoms with Gasteiger partial charge in [-0.3, -0.25) is 9.59 Å². The smallest absolute Gasteiger partial charge is 0.335 e. The van der Waals surface area contributed by atoms with E-state index in [2.05, 4.69) is 51.0 Å². The molecule has 0 radical (unpaired) electrons. The van der Waals surface area contributed by atoms with E-state index in [1.54, 1.807) is 6.92 Å². The summed E-state index contributed by atoms with van der Waals surface area (Å²) < 4.78 is 12.3. The average Bonchev–Trinajstić information content (AvgIpc) is 3.93. The fraction of sp³-hybridized carbons (Fsp3) is 0.188. The van der Waals surface area contributed by atoms with Crippen molar-refractivity contribution in [3.8, 4) is 22.9 Å². The normalized spacial score (nSPS) is 11.7. The molecule has 22 nitrogen and oxygen atoms in total. The Hall–Kier alpha value is -7.34. The first-order chi connectivity index (χ1) is 26.6. The van der Waals surface area contributed by atoms with Crippen LogP contribution >= 0.6 is 22.7 Å². The van der Waals surface area contributed by atoms with E-state index in [0.29, 0.717) is 21.4 Å². The molecule has 0 saturated carbocycles. The molecule has 0 unspecified atom stereocenters. The molecule has 0 bridgehead atoms. The van der Waals surface area contributed by atoms with Crippen LogP contribution in [-0.4, -0.2) is 75.1 Å². The lowest BCUT2D eigenvalue weighted by Crippen LogP contribution is -2.13. The minimum absolute atomic E-state index is 0.0185. The van der Waals surface area contributed by atoms with Gasteiger partial charge in [-0.2, -0.15) is 10.2 Å². The lowest BCUT2D eigenvalue weighted by molar-refractivity contribution is -0.121. The lowest BCUT2D eigenvalue weighted by Gasteiger charge is -2.15. The van der Waals surface area contributed by atoms with Gasteiger partial charge in [-0.25, -0.2) is 19.0 Å². The zero-order valence-corrected chi connectivity index (χ0v) is 31.1. The van der Waals surface area contributed by atoms with E-state index in [1.807, 2.05) is 20.8 Å². The van der Waals surface area contributed by atoms with Gasteiger partial charge >= 0.3 is 11.9 Å². The van der Waals surface area contributed by atoms with Crippen LogP contribution in [0.25, 0.3) is 11.4 Å².